The van der Waals surface area contributed by atoms with Gasteiger partial charge in [0.2, 0.25) is 5.65 Å². The molecule has 0 aliphatic carbocycles. The third-order valence-corrected chi connectivity index (χ3v) is 3.28. The van der Waals surface area contributed by atoms with Gasteiger partial charge in [-0.15, -0.1) is 9.89 Å². The van der Waals surface area contributed by atoms with E-state index in [0.717, 1.165) is 11.0 Å². The van der Waals surface area contributed by atoms with E-state index in [-0.39, 0.29) is 28.4 Å². The van der Waals surface area contributed by atoms with Gasteiger partial charge < -0.3 is 0 Å². The lowest BCUT2D eigenvalue weighted by atomic mass is 10.3. The molecule has 0 saturated heterocycles. The molecule has 3 aromatic rings. The van der Waals surface area contributed by atoms with E-state index in [9.17, 15) is 20.2 Å². The Kier molecular flexibility index (Phi) is 3.48. The van der Waals surface area contributed by atoms with Crippen LogP contribution < -0.4 is 0 Å². The highest BCUT2D eigenvalue weighted by Crippen LogP contribution is 2.21. The maximum absolute atomic E-state index is 11.0. The van der Waals surface area contributed by atoms with E-state index >= 15 is 0 Å². The van der Waals surface area contributed by atoms with E-state index < -0.39 is 9.85 Å². The molecule has 0 spiro atoms. The summed E-state index contributed by atoms with van der Waals surface area (Å²) < 4.78 is 1.25. The number of aryl methyl sites for hydroxylation is 1. The van der Waals surface area contributed by atoms with E-state index in [4.69, 9.17) is 0 Å². The average molecular weight is 330 g/mol. The van der Waals surface area contributed by atoms with Gasteiger partial charge in [0.1, 0.15) is 17.6 Å². The fourth-order valence-corrected chi connectivity index (χ4v) is 2.19. The molecule has 0 saturated carbocycles. The molecule has 0 bridgehead atoms. The molecule has 24 heavy (non-hydrogen) atoms. The van der Waals surface area contributed by atoms with Crippen LogP contribution in [0.5, 0.6) is 0 Å². The first-order valence-corrected chi connectivity index (χ1v) is 6.61. The minimum atomic E-state index is -0.571. The summed E-state index contributed by atoms with van der Waals surface area (Å²) in [6.45, 7) is 3.06. The zero-order chi connectivity index (χ0) is 17.4. The molecule has 3 heterocycles. The van der Waals surface area contributed by atoms with E-state index in [1.807, 2.05) is 0 Å². The zero-order valence-electron chi connectivity index (χ0n) is 12.5. The maximum atomic E-state index is 11.0. The Hall–Kier alpha value is -3.70. The van der Waals surface area contributed by atoms with E-state index in [0.29, 0.717) is 5.56 Å². The second kappa shape index (κ2) is 5.49. The van der Waals surface area contributed by atoms with Crippen molar-refractivity contribution in [1.29, 1.82) is 0 Å². The molecule has 12 nitrogen and oxygen atoms in total. The molecule has 0 amide bonds. The van der Waals surface area contributed by atoms with Gasteiger partial charge in [-0.05, 0) is 13.8 Å². The van der Waals surface area contributed by atoms with E-state index in [2.05, 4.69) is 20.3 Å². The van der Waals surface area contributed by atoms with Gasteiger partial charge in [0.25, 0.3) is 0 Å². The molecule has 0 N–H and O–H groups in total. The molecular formula is C12H10N8O4. The average Bonchev–Trinajstić information content (AvgIpc) is 3.05. The first-order chi connectivity index (χ1) is 11.4. The molecule has 12 heteroatoms. The van der Waals surface area contributed by atoms with Crippen molar-refractivity contribution >= 4 is 23.2 Å². The molecule has 0 aliphatic heterocycles. The third kappa shape index (κ3) is 2.45. The topological polar surface area (TPSA) is 147 Å². The molecule has 3 aromatic heterocycles. The Labute approximate surface area is 133 Å². The summed E-state index contributed by atoms with van der Waals surface area (Å²) in [5, 5.41) is 33.7. The van der Waals surface area contributed by atoms with Gasteiger partial charge in [-0.1, -0.05) is 0 Å². The zero-order valence-corrected chi connectivity index (χ0v) is 12.5. The van der Waals surface area contributed by atoms with Crippen molar-refractivity contribution in [3.63, 3.8) is 0 Å². The number of hydrogen-bond donors (Lipinski definition) is 0. The largest absolute Gasteiger partial charge is 0.333 e. The lowest BCUT2D eigenvalue weighted by Crippen LogP contribution is -1.99. The number of fused-ring (bicyclic) bond motifs is 1. The van der Waals surface area contributed by atoms with Crippen LogP contribution in [0.2, 0.25) is 0 Å². The van der Waals surface area contributed by atoms with Crippen LogP contribution in [0.25, 0.3) is 5.65 Å². The Bertz CT molecular complexity index is 1000. The van der Waals surface area contributed by atoms with Gasteiger partial charge in [0.15, 0.2) is 0 Å². The second-order valence-corrected chi connectivity index (χ2v) is 4.85. The number of aromatic nitrogens is 5. The summed E-state index contributed by atoms with van der Waals surface area (Å²) in [6.07, 6.45) is 5.36. The van der Waals surface area contributed by atoms with Crippen LogP contribution in [0.1, 0.15) is 17.0 Å². The molecular weight excluding hydrogens is 320 g/mol. The van der Waals surface area contributed by atoms with Crippen molar-refractivity contribution in [2.75, 3.05) is 0 Å². The number of hydrogen-bond acceptors (Lipinski definition) is 8. The van der Waals surface area contributed by atoms with Gasteiger partial charge >= 0.3 is 11.4 Å². The second-order valence-electron chi connectivity index (χ2n) is 4.85. The molecule has 3 rings (SSSR count). The van der Waals surface area contributed by atoms with Gasteiger partial charge in [0.05, 0.1) is 16.1 Å². The molecule has 0 fully saturated rings. The monoisotopic (exact) mass is 330 g/mol. The van der Waals surface area contributed by atoms with Crippen molar-refractivity contribution in [3.8, 4) is 0 Å². The van der Waals surface area contributed by atoms with Crippen molar-refractivity contribution in [3.05, 3.63) is 55.8 Å². The predicted molar refractivity (Wildman–Crippen MR) is 81.0 cm³/mol. The number of rotatable bonds is 4. The SMILES string of the molecule is Cc1nn(N=Cc2cnc3c([N+](=O)[O-])cnn3c2)c(C)c1[N+](=O)[O-]. The molecule has 0 aliphatic rings. The first kappa shape index (κ1) is 15.2. The highest BCUT2D eigenvalue weighted by Gasteiger charge is 2.21. The van der Waals surface area contributed by atoms with E-state index in [1.54, 1.807) is 0 Å². The fraction of sp³-hybridized carbons (Fsp3) is 0.167. The first-order valence-electron chi connectivity index (χ1n) is 6.61. The lowest BCUT2D eigenvalue weighted by Gasteiger charge is -1.96. The highest BCUT2D eigenvalue weighted by atomic mass is 16.6. The smallest absolute Gasteiger partial charge is 0.258 e. The van der Waals surface area contributed by atoms with Crippen LogP contribution in [0.15, 0.2) is 23.7 Å². The van der Waals surface area contributed by atoms with Crippen LogP contribution >= 0.6 is 0 Å². The third-order valence-electron chi connectivity index (χ3n) is 3.28. The molecule has 0 atom stereocenters. The molecule has 0 radical (unpaired) electrons. The summed E-state index contributed by atoms with van der Waals surface area (Å²) in [5.41, 5.74) is 0.856. The van der Waals surface area contributed by atoms with Crippen molar-refractivity contribution in [2.24, 2.45) is 5.10 Å². The van der Waals surface area contributed by atoms with Crippen LogP contribution in [0, 0.1) is 34.1 Å². The van der Waals surface area contributed by atoms with Crippen molar-refractivity contribution in [2.45, 2.75) is 13.8 Å². The van der Waals surface area contributed by atoms with Crippen LogP contribution in [0.4, 0.5) is 11.4 Å². The maximum Gasteiger partial charge on any atom is 0.333 e. The van der Waals surface area contributed by atoms with Crippen LogP contribution in [-0.2, 0) is 0 Å². The summed E-state index contributed by atoms with van der Waals surface area (Å²) in [4.78, 5) is 25.8. The summed E-state index contributed by atoms with van der Waals surface area (Å²) in [5.74, 6) is 0. The Morgan fingerprint density at radius 1 is 1.21 bits per heavy atom. The summed E-state index contributed by atoms with van der Waals surface area (Å²) in [7, 11) is 0. The Balaban J connectivity index is 1.95. The lowest BCUT2D eigenvalue weighted by molar-refractivity contribution is -0.386. The van der Waals surface area contributed by atoms with Gasteiger partial charge in [-0.25, -0.2) is 9.50 Å². The summed E-state index contributed by atoms with van der Waals surface area (Å²) >= 11 is 0. The summed E-state index contributed by atoms with van der Waals surface area (Å²) in [6, 6.07) is 0. The van der Waals surface area contributed by atoms with Crippen LogP contribution in [-0.4, -0.2) is 40.5 Å². The van der Waals surface area contributed by atoms with Crippen LogP contribution in [0.3, 0.4) is 0 Å². The number of nitrogens with zero attached hydrogens (tertiary/aromatic N) is 8. The quantitative estimate of drug-likeness (QED) is 0.397. The van der Waals surface area contributed by atoms with Crippen molar-refractivity contribution in [1.82, 2.24) is 24.5 Å². The minimum Gasteiger partial charge on any atom is -0.258 e. The van der Waals surface area contributed by atoms with Gasteiger partial charge in [0, 0.05) is 18.0 Å². The Morgan fingerprint density at radius 2 is 1.96 bits per heavy atom. The van der Waals surface area contributed by atoms with E-state index in [1.165, 1.54) is 37.0 Å². The number of nitro groups is 2. The van der Waals surface area contributed by atoms with Gasteiger partial charge in [-0.2, -0.15) is 10.2 Å². The van der Waals surface area contributed by atoms with Crippen molar-refractivity contribution < 1.29 is 9.85 Å². The molecule has 122 valence electrons. The van der Waals surface area contributed by atoms with Gasteiger partial charge in [-0.3, -0.25) is 20.2 Å². The Morgan fingerprint density at radius 3 is 2.58 bits per heavy atom. The molecule has 0 unspecified atom stereocenters. The standard InChI is InChI=1S/C12H10N8O4/c1-7-11(20(23)24)8(2)18(16-7)15-4-9-3-13-12-10(19(21)22)5-14-17(12)6-9/h3-6H,1-2H3. The molecule has 0 aromatic carbocycles. The fourth-order valence-electron chi connectivity index (χ4n) is 2.19. The predicted octanol–water partition coefficient (Wildman–Crippen LogP) is 1.24. The highest BCUT2D eigenvalue weighted by molar-refractivity contribution is 5.79. The normalized spacial score (nSPS) is 11.4. The minimum absolute atomic E-state index is 0.0940.